The van der Waals surface area contributed by atoms with Crippen molar-refractivity contribution >= 4 is 17.5 Å². The highest BCUT2D eigenvalue weighted by Gasteiger charge is 2.46. The minimum absolute atomic E-state index is 0.0125. The average Bonchev–Trinajstić information content (AvgIpc) is 3.06. The molecule has 2 aromatic rings. The average molecular weight is 349 g/mol. The maximum atomic E-state index is 13.2. The summed E-state index contributed by atoms with van der Waals surface area (Å²) in [6, 6.07) is 19.3. The van der Waals surface area contributed by atoms with E-state index in [0.29, 0.717) is 13.1 Å². The van der Waals surface area contributed by atoms with Gasteiger partial charge in [0.1, 0.15) is 0 Å². The zero-order valence-corrected chi connectivity index (χ0v) is 14.7. The lowest BCUT2D eigenvalue weighted by molar-refractivity contribution is -0.137. The van der Waals surface area contributed by atoms with Crippen molar-refractivity contribution in [1.82, 2.24) is 10.2 Å². The Hall–Kier alpha value is -2.66. The Morgan fingerprint density at radius 1 is 0.923 bits per heavy atom. The van der Waals surface area contributed by atoms with Crippen molar-refractivity contribution in [2.75, 3.05) is 31.1 Å². The van der Waals surface area contributed by atoms with Crippen molar-refractivity contribution in [2.45, 2.75) is 12.5 Å². The molecule has 0 aliphatic carbocycles. The third-order valence-electron chi connectivity index (χ3n) is 5.24. The van der Waals surface area contributed by atoms with E-state index in [0.717, 1.165) is 24.3 Å². The zero-order valence-electron chi connectivity index (χ0n) is 14.7. The quantitative estimate of drug-likeness (QED) is 0.924. The largest absolute Gasteiger partial charge is 0.340 e. The molecule has 2 heterocycles. The number of hydrogen-bond donors (Lipinski definition) is 1. The predicted octanol–water partition coefficient (Wildman–Crippen LogP) is 2.21. The second-order valence-corrected chi connectivity index (χ2v) is 6.84. The molecule has 26 heavy (non-hydrogen) atoms. The number of piperazine rings is 1. The number of nitrogens with zero attached hydrogens (tertiary/aromatic N) is 2. The van der Waals surface area contributed by atoms with Crippen LogP contribution in [0.3, 0.4) is 0 Å². The highest BCUT2D eigenvalue weighted by molar-refractivity contribution is 6.01. The molecule has 0 radical (unpaired) electrons. The van der Waals surface area contributed by atoms with Crippen molar-refractivity contribution in [3.63, 3.8) is 0 Å². The molecule has 0 saturated carbocycles. The third-order valence-corrected chi connectivity index (χ3v) is 5.24. The van der Waals surface area contributed by atoms with Crippen molar-refractivity contribution in [1.29, 1.82) is 0 Å². The molecule has 0 bridgehead atoms. The molecule has 1 N–H and O–H groups in total. The lowest BCUT2D eigenvalue weighted by Crippen LogP contribution is -2.49. The summed E-state index contributed by atoms with van der Waals surface area (Å²) in [4.78, 5) is 29.8. The molecule has 2 fully saturated rings. The number of rotatable bonds is 3. The summed E-state index contributed by atoms with van der Waals surface area (Å²) >= 11 is 0. The first kappa shape index (κ1) is 16.8. The van der Waals surface area contributed by atoms with E-state index in [-0.39, 0.29) is 30.2 Å². The minimum Gasteiger partial charge on any atom is -0.340 e. The summed E-state index contributed by atoms with van der Waals surface area (Å²) in [6.07, 6.45) is 0.261. The third kappa shape index (κ3) is 3.10. The van der Waals surface area contributed by atoms with E-state index >= 15 is 0 Å². The van der Waals surface area contributed by atoms with E-state index < -0.39 is 0 Å². The van der Waals surface area contributed by atoms with Crippen LogP contribution in [0.4, 0.5) is 5.69 Å². The molecule has 2 aliphatic heterocycles. The van der Waals surface area contributed by atoms with E-state index in [9.17, 15) is 9.59 Å². The molecule has 2 aromatic carbocycles. The molecule has 0 aromatic heterocycles. The van der Waals surface area contributed by atoms with Gasteiger partial charge < -0.3 is 15.1 Å². The molecule has 2 amide bonds. The normalized spacial score (nSPS) is 23.3. The lowest BCUT2D eigenvalue weighted by Gasteiger charge is -2.33. The van der Waals surface area contributed by atoms with E-state index in [4.69, 9.17) is 0 Å². The molecule has 5 heteroatoms. The molecule has 134 valence electrons. The number of benzene rings is 2. The molecular formula is C21H23N3O2. The lowest BCUT2D eigenvalue weighted by atomic mass is 9.92. The number of amides is 2. The van der Waals surface area contributed by atoms with Crippen LogP contribution < -0.4 is 10.2 Å². The summed E-state index contributed by atoms with van der Waals surface area (Å²) in [5.74, 6) is -0.242. The van der Waals surface area contributed by atoms with Gasteiger partial charge in [0.2, 0.25) is 11.8 Å². The number of carbonyl (C=O) groups excluding carboxylic acids is 2. The number of para-hydroxylation sites is 1. The van der Waals surface area contributed by atoms with Gasteiger partial charge in [-0.15, -0.1) is 0 Å². The van der Waals surface area contributed by atoms with Gasteiger partial charge in [0.15, 0.2) is 0 Å². The minimum atomic E-state index is -0.344. The number of carbonyl (C=O) groups is 2. The van der Waals surface area contributed by atoms with Gasteiger partial charge in [-0.05, 0) is 17.7 Å². The monoisotopic (exact) mass is 349 g/mol. The van der Waals surface area contributed by atoms with Crippen molar-refractivity contribution in [3.8, 4) is 0 Å². The van der Waals surface area contributed by atoms with Gasteiger partial charge in [0.25, 0.3) is 0 Å². The Bertz CT molecular complexity index is 772. The van der Waals surface area contributed by atoms with E-state index in [1.54, 1.807) is 4.90 Å². The van der Waals surface area contributed by atoms with Gasteiger partial charge in [-0.3, -0.25) is 9.59 Å². The second-order valence-electron chi connectivity index (χ2n) is 6.84. The van der Waals surface area contributed by atoms with Crippen LogP contribution in [0, 0.1) is 5.92 Å². The summed E-state index contributed by atoms with van der Waals surface area (Å²) < 4.78 is 0. The van der Waals surface area contributed by atoms with Crippen molar-refractivity contribution in [3.05, 3.63) is 66.2 Å². The Morgan fingerprint density at radius 3 is 2.19 bits per heavy atom. The molecule has 0 unspecified atom stereocenters. The van der Waals surface area contributed by atoms with Crippen LogP contribution >= 0.6 is 0 Å². The zero-order chi connectivity index (χ0) is 17.9. The predicted molar refractivity (Wildman–Crippen MR) is 101 cm³/mol. The van der Waals surface area contributed by atoms with Gasteiger partial charge in [-0.2, -0.15) is 0 Å². The molecular weight excluding hydrogens is 326 g/mol. The summed E-state index contributed by atoms with van der Waals surface area (Å²) in [5, 5.41) is 3.28. The van der Waals surface area contributed by atoms with E-state index in [2.05, 4.69) is 5.32 Å². The van der Waals surface area contributed by atoms with Crippen LogP contribution in [0.1, 0.15) is 18.0 Å². The Labute approximate surface area is 153 Å². The SMILES string of the molecule is O=C([C@H]1CC(=O)N(c2ccccc2)[C@@H]1c1ccccc1)N1CCNCC1. The smallest absolute Gasteiger partial charge is 0.228 e. The number of nitrogens with one attached hydrogen (secondary N) is 1. The van der Waals surface area contributed by atoms with E-state index in [1.807, 2.05) is 65.6 Å². The van der Waals surface area contributed by atoms with Crippen molar-refractivity contribution in [2.24, 2.45) is 5.92 Å². The maximum absolute atomic E-state index is 13.2. The molecule has 4 rings (SSSR count). The Kier molecular flexibility index (Phi) is 4.71. The number of hydrogen-bond acceptors (Lipinski definition) is 3. The first-order valence-electron chi connectivity index (χ1n) is 9.17. The Balaban J connectivity index is 1.71. The van der Waals surface area contributed by atoms with Crippen LogP contribution in [0.15, 0.2) is 60.7 Å². The van der Waals surface area contributed by atoms with Crippen LogP contribution in [0.5, 0.6) is 0 Å². The highest BCUT2D eigenvalue weighted by atomic mass is 16.2. The summed E-state index contributed by atoms with van der Waals surface area (Å²) in [5.41, 5.74) is 1.86. The van der Waals surface area contributed by atoms with Crippen LogP contribution in [-0.4, -0.2) is 42.9 Å². The fourth-order valence-corrected chi connectivity index (χ4v) is 4.00. The second kappa shape index (κ2) is 7.30. The van der Waals surface area contributed by atoms with Gasteiger partial charge >= 0.3 is 0 Å². The van der Waals surface area contributed by atoms with Crippen LogP contribution in [-0.2, 0) is 9.59 Å². The fourth-order valence-electron chi connectivity index (χ4n) is 4.00. The first-order valence-corrected chi connectivity index (χ1v) is 9.17. The number of anilines is 1. The molecule has 2 saturated heterocycles. The van der Waals surface area contributed by atoms with Gasteiger partial charge in [-0.25, -0.2) is 0 Å². The maximum Gasteiger partial charge on any atom is 0.228 e. The molecule has 5 nitrogen and oxygen atoms in total. The van der Waals surface area contributed by atoms with Gasteiger partial charge in [-0.1, -0.05) is 48.5 Å². The summed E-state index contributed by atoms with van der Waals surface area (Å²) in [7, 11) is 0. The highest BCUT2D eigenvalue weighted by Crippen LogP contribution is 2.42. The van der Waals surface area contributed by atoms with Gasteiger partial charge in [0, 0.05) is 38.3 Å². The fraction of sp³-hybridized carbons (Fsp3) is 0.333. The topological polar surface area (TPSA) is 52.7 Å². The van der Waals surface area contributed by atoms with Crippen molar-refractivity contribution < 1.29 is 9.59 Å². The molecule has 2 atom stereocenters. The van der Waals surface area contributed by atoms with E-state index in [1.165, 1.54) is 0 Å². The molecule has 0 spiro atoms. The Morgan fingerprint density at radius 2 is 1.54 bits per heavy atom. The summed E-state index contributed by atoms with van der Waals surface area (Å²) in [6.45, 7) is 3.03. The van der Waals surface area contributed by atoms with Crippen LogP contribution in [0.2, 0.25) is 0 Å². The van der Waals surface area contributed by atoms with Gasteiger partial charge in [0.05, 0.1) is 12.0 Å². The molecule has 2 aliphatic rings. The van der Waals surface area contributed by atoms with Crippen LogP contribution in [0.25, 0.3) is 0 Å². The standard InChI is InChI=1S/C21H23N3O2/c25-19-15-18(21(26)23-13-11-22-12-14-23)20(16-7-3-1-4-8-16)24(19)17-9-5-2-6-10-17/h1-10,18,20,22H,11-15H2/t18-,20+/m0/s1. The first-order chi connectivity index (χ1) is 12.8.